The number of hydrogen-bond donors (Lipinski definition) is 3. The number of benzene rings is 2. The zero-order chi connectivity index (χ0) is 24.3. The number of carbonyl (C=O) groups excluding carboxylic acids is 1. The van der Waals surface area contributed by atoms with Crippen LogP contribution in [0.3, 0.4) is 0 Å². The first-order valence-corrected chi connectivity index (χ1v) is 12.5. The largest absolute Gasteiger partial charge is 0.383 e. The normalized spacial score (nSPS) is 13.9. The molecule has 0 saturated carbocycles. The average molecular weight is 502 g/mol. The van der Waals surface area contributed by atoms with Gasteiger partial charge >= 0.3 is 0 Å². The van der Waals surface area contributed by atoms with Gasteiger partial charge in [0.1, 0.15) is 0 Å². The molecule has 1 amide bonds. The van der Waals surface area contributed by atoms with E-state index in [0.717, 1.165) is 5.56 Å². The van der Waals surface area contributed by atoms with Crippen molar-refractivity contribution >= 4 is 44.9 Å². The number of amides is 1. The lowest BCUT2D eigenvalue weighted by Gasteiger charge is -2.16. The summed E-state index contributed by atoms with van der Waals surface area (Å²) in [6.07, 6.45) is 2.36. The van der Waals surface area contributed by atoms with E-state index in [2.05, 4.69) is 25.3 Å². The van der Waals surface area contributed by atoms with Gasteiger partial charge in [0.15, 0.2) is 0 Å². The van der Waals surface area contributed by atoms with Crippen LogP contribution in [0, 0.1) is 0 Å². The molecule has 178 valence electrons. The topological polar surface area (TPSA) is 122 Å². The van der Waals surface area contributed by atoms with Crippen molar-refractivity contribution < 1.29 is 17.9 Å². The number of ether oxygens (including phenoxy) is 1. The molecule has 2 aromatic carbocycles. The van der Waals surface area contributed by atoms with Crippen molar-refractivity contribution in [1.82, 2.24) is 14.7 Å². The lowest BCUT2D eigenvalue weighted by molar-refractivity contribution is -0.115. The van der Waals surface area contributed by atoms with E-state index >= 15 is 0 Å². The predicted molar refractivity (Wildman–Crippen MR) is 131 cm³/mol. The van der Waals surface area contributed by atoms with Crippen LogP contribution in [0.5, 0.6) is 0 Å². The Morgan fingerprint density at radius 1 is 1.21 bits per heavy atom. The van der Waals surface area contributed by atoms with Crippen LogP contribution in [-0.2, 0) is 26.0 Å². The fourth-order valence-electron chi connectivity index (χ4n) is 3.59. The molecule has 1 atom stereocenters. The molecule has 0 saturated heterocycles. The minimum Gasteiger partial charge on any atom is -0.383 e. The maximum absolute atomic E-state index is 12.7. The molecule has 11 heteroatoms. The molecule has 0 spiro atoms. The Kier molecular flexibility index (Phi) is 7.13. The number of nitrogens with zero attached hydrogens (tertiary/aromatic N) is 2. The quantitative estimate of drug-likeness (QED) is 0.429. The molecular formula is C23H24ClN5O4S. The molecule has 1 unspecified atom stereocenters. The number of carbonyl (C=O) groups is 1. The van der Waals surface area contributed by atoms with E-state index in [0.29, 0.717) is 46.6 Å². The summed E-state index contributed by atoms with van der Waals surface area (Å²) in [5.41, 5.74) is 3.25. The summed E-state index contributed by atoms with van der Waals surface area (Å²) < 4.78 is 33.0. The van der Waals surface area contributed by atoms with E-state index in [9.17, 15) is 13.2 Å². The summed E-state index contributed by atoms with van der Waals surface area (Å²) in [5.74, 6) is 0.140. The SMILES string of the molecule is CCC(COC)NS(=O)(=O)c1ccc(Nc2ncc3c(n2)-c2ccc(Cl)cc2NC(=O)C3)cc1. The van der Waals surface area contributed by atoms with Crippen LogP contribution in [0.25, 0.3) is 11.3 Å². The van der Waals surface area contributed by atoms with Gasteiger partial charge in [-0.2, -0.15) is 0 Å². The standard InChI is InChI=1S/C23H24ClN5O4S/c1-3-16(13-33-2)29-34(31,32)18-7-5-17(6-8-18)26-23-25-12-14-10-21(30)27-20-11-15(24)4-9-19(20)22(14)28-23/h4-9,11-12,16,29H,3,10,13H2,1-2H3,(H,27,30)(H,25,26,28). The van der Waals surface area contributed by atoms with Gasteiger partial charge in [-0.1, -0.05) is 18.5 Å². The number of aromatic nitrogens is 2. The third-order valence-electron chi connectivity index (χ3n) is 5.33. The van der Waals surface area contributed by atoms with E-state index < -0.39 is 10.0 Å². The molecule has 1 aliphatic heterocycles. The van der Waals surface area contributed by atoms with Crippen LogP contribution < -0.4 is 15.4 Å². The van der Waals surface area contributed by atoms with Gasteiger partial charge in [-0.3, -0.25) is 4.79 Å². The van der Waals surface area contributed by atoms with Gasteiger partial charge in [0.05, 0.1) is 29.3 Å². The molecule has 3 N–H and O–H groups in total. The van der Waals surface area contributed by atoms with Gasteiger partial charge in [0.25, 0.3) is 0 Å². The number of methoxy groups -OCH3 is 1. The molecule has 4 rings (SSSR count). The molecule has 9 nitrogen and oxygen atoms in total. The molecule has 3 aromatic rings. The lowest BCUT2D eigenvalue weighted by atomic mass is 10.1. The molecule has 0 aliphatic carbocycles. The smallest absolute Gasteiger partial charge is 0.240 e. The number of fused-ring (bicyclic) bond motifs is 3. The maximum atomic E-state index is 12.7. The molecule has 1 aromatic heterocycles. The van der Waals surface area contributed by atoms with Crippen LogP contribution >= 0.6 is 11.6 Å². The Morgan fingerprint density at radius 3 is 2.68 bits per heavy atom. The summed E-state index contributed by atoms with van der Waals surface area (Å²) in [6, 6.07) is 11.2. The van der Waals surface area contributed by atoms with Crippen LogP contribution in [0.1, 0.15) is 18.9 Å². The average Bonchev–Trinajstić information content (AvgIpc) is 2.93. The monoisotopic (exact) mass is 501 g/mol. The van der Waals surface area contributed by atoms with Gasteiger partial charge in [-0.15, -0.1) is 0 Å². The van der Waals surface area contributed by atoms with Crippen molar-refractivity contribution in [3.63, 3.8) is 0 Å². The zero-order valence-electron chi connectivity index (χ0n) is 18.6. The van der Waals surface area contributed by atoms with E-state index in [1.165, 1.54) is 19.2 Å². The Morgan fingerprint density at radius 2 is 1.97 bits per heavy atom. The van der Waals surface area contributed by atoms with E-state index in [-0.39, 0.29) is 23.3 Å². The summed E-state index contributed by atoms with van der Waals surface area (Å²) in [6.45, 7) is 2.18. The third-order valence-corrected chi connectivity index (χ3v) is 7.10. The number of halogens is 1. The predicted octanol–water partition coefficient (Wildman–Crippen LogP) is 3.74. The summed E-state index contributed by atoms with van der Waals surface area (Å²) >= 11 is 6.09. The van der Waals surface area contributed by atoms with Crippen LogP contribution in [0.15, 0.2) is 53.6 Å². The molecular weight excluding hydrogens is 478 g/mol. The third kappa shape index (κ3) is 5.36. The second-order valence-electron chi connectivity index (χ2n) is 7.81. The molecule has 2 heterocycles. The van der Waals surface area contributed by atoms with Crippen molar-refractivity contribution in [2.75, 3.05) is 24.4 Å². The van der Waals surface area contributed by atoms with Crippen molar-refractivity contribution in [1.29, 1.82) is 0 Å². The molecule has 34 heavy (non-hydrogen) atoms. The fourth-order valence-corrected chi connectivity index (χ4v) is 5.07. The Hall–Kier alpha value is -3.05. The Bertz CT molecular complexity index is 1320. The summed E-state index contributed by atoms with van der Waals surface area (Å²) in [7, 11) is -2.15. The molecule has 0 bridgehead atoms. The first-order valence-electron chi connectivity index (χ1n) is 10.6. The number of rotatable bonds is 8. The number of anilines is 3. The highest BCUT2D eigenvalue weighted by Crippen LogP contribution is 2.34. The molecule has 0 fully saturated rings. The van der Waals surface area contributed by atoms with Crippen molar-refractivity contribution in [3.8, 4) is 11.3 Å². The number of nitrogens with one attached hydrogen (secondary N) is 3. The van der Waals surface area contributed by atoms with Gasteiger partial charge in [-0.05, 0) is 48.9 Å². The minimum absolute atomic E-state index is 0.142. The fraction of sp³-hybridized carbons (Fsp3) is 0.261. The first-order chi connectivity index (χ1) is 16.3. The van der Waals surface area contributed by atoms with Gasteiger partial charge < -0.3 is 15.4 Å². The van der Waals surface area contributed by atoms with Crippen molar-refractivity contribution in [3.05, 3.63) is 59.2 Å². The van der Waals surface area contributed by atoms with Crippen LogP contribution in [0.4, 0.5) is 17.3 Å². The Balaban J connectivity index is 1.57. The minimum atomic E-state index is -3.68. The van der Waals surface area contributed by atoms with Crippen molar-refractivity contribution in [2.24, 2.45) is 0 Å². The van der Waals surface area contributed by atoms with E-state index in [1.54, 1.807) is 36.5 Å². The second kappa shape index (κ2) is 10.1. The highest BCUT2D eigenvalue weighted by atomic mass is 35.5. The molecule has 1 aliphatic rings. The summed E-state index contributed by atoms with van der Waals surface area (Å²) in [5, 5.41) is 6.44. The van der Waals surface area contributed by atoms with Crippen LogP contribution in [-0.4, -0.2) is 44.1 Å². The molecule has 0 radical (unpaired) electrons. The number of hydrogen-bond acceptors (Lipinski definition) is 7. The van der Waals surface area contributed by atoms with Crippen molar-refractivity contribution in [2.45, 2.75) is 30.7 Å². The highest BCUT2D eigenvalue weighted by Gasteiger charge is 2.22. The van der Waals surface area contributed by atoms with E-state index in [4.69, 9.17) is 16.3 Å². The zero-order valence-corrected chi connectivity index (χ0v) is 20.2. The van der Waals surface area contributed by atoms with Gasteiger partial charge in [0, 0.05) is 41.2 Å². The highest BCUT2D eigenvalue weighted by molar-refractivity contribution is 7.89. The van der Waals surface area contributed by atoms with E-state index in [1.807, 2.05) is 6.92 Å². The second-order valence-corrected chi connectivity index (χ2v) is 9.96. The van der Waals surface area contributed by atoms with Crippen LogP contribution in [0.2, 0.25) is 5.02 Å². The van der Waals surface area contributed by atoms with Gasteiger partial charge in [-0.25, -0.2) is 23.1 Å². The number of sulfonamides is 1. The first kappa shape index (κ1) is 24.1. The Labute approximate surface area is 203 Å². The maximum Gasteiger partial charge on any atom is 0.240 e. The summed E-state index contributed by atoms with van der Waals surface area (Å²) in [4.78, 5) is 21.3. The lowest BCUT2D eigenvalue weighted by Crippen LogP contribution is -2.37. The van der Waals surface area contributed by atoms with Gasteiger partial charge in [0.2, 0.25) is 21.9 Å².